The highest BCUT2D eigenvalue weighted by atomic mass is 32.2. The highest BCUT2D eigenvalue weighted by Gasteiger charge is 2.36. The largest absolute Gasteiger partial charge is 0.489 e. The predicted octanol–water partition coefficient (Wildman–Crippen LogP) is 3.33. The molecule has 0 spiro atoms. The summed E-state index contributed by atoms with van der Waals surface area (Å²) >= 11 is 0. The molecule has 2 N–H and O–H groups in total. The third-order valence-electron chi connectivity index (χ3n) is 6.07. The molecule has 3 rings (SSSR count). The molecule has 0 bridgehead atoms. The number of hydrogen-bond acceptors (Lipinski definition) is 8. The number of esters is 1. The molecule has 0 aliphatic carbocycles. The van der Waals surface area contributed by atoms with Crippen LogP contribution in [0.3, 0.4) is 0 Å². The Bertz CT molecular complexity index is 1180. The van der Waals surface area contributed by atoms with Crippen LogP contribution < -0.4 is 19.5 Å². The maximum atomic E-state index is 12.9. The summed E-state index contributed by atoms with van der Waals surface area (Å²) in [5.74, 6) is 0.428. The summed E-state index contributed by atoms with van der Waals surface area (Å²) in [5, 5.41) is 2.74. The van der Waals surface area contributed by atoms with E-state index in [0.717, 1.165) is 11.1 Å². The molecule has 0 radical (unpaired) electrons. The van der Waals surface area contributed by atoms with Crippen molar-refractivity contribution in [2.75, 3.05) is 32.0 Å². The fraction of sp³-hybridized carbons (Fsp3) is 0.500. The van der Waals surface area contributed by atoms with Crippen molar-refractivity contribution >= 4 is 21.8 Å². The van der Waals surface area contributed by atoms with Gasteiger partial charge in [-0.25, -0.2) is 13.1 Å². The van der Waals surface area contributed by atoms with Crippen LogP contribution in [-0.4, -0.2) is 57.8 Å². The Morgan fingerprint density at radius 3 is 2.61 bits per heavy atom. The molecule has 2 aromatic carbocycles. The van der Waals surface area contributed by atoms with Gasteiger partial charge in [-0.2, -0.15) is 0 Å². The lowest BCUT2D eigenvalue weighted by Gasteiger charge is -2.37. The van der Waals surface area contributed by atoms with Crippen LogP contribution in [0.15, 0.2) is 48.5 Å². The molecule has 0 aromatic heterocycles. The Kier molecular flexibility index (Phi) is 10.7. The number of benzene rings is 2. The number of carbonyl (C=O) groups excluding carboxylic acids is 2. The van der Waals surface area contributed by atoms with Crippen molar-refractivity contribution in [3.05, 3.63) is 59.7 Å². The van der Waals surface area contributed by atoms with Gasteiger partial charge in [0.25, 0.3) is 0 Å². The molecule has 1 unspecified atom stereocenters. The summed E-state index contributed by atoms with van der Waals surface area (Å²) in [6.45, 7) is 6.47. The highest BCUT2D eigenvalue weighted by Crippen LogP contribution is 2.43. The van der Waals surface area contributed by atoms with Gasteiger partial charge in [0.05, 0.1) is 25.4 Å². The first-order valence-electron chi connectivity index (χ1n) is 12.9. The Morgan fingerprint density at radius 1 is 1.11 bits per heavy atom. The lowest BCUT2D eigenvalue weighted by atomic mass is 9.85. The average molecular weight is 547 g/mol. The summed E-state index contributed by atoms with van der Waals surface area (Å²) in [4.78, 5) is 23.3. The number of nitrogens with one attached hydrogen (secondary N) is 2. The number of rotatable bonds is 15. The number of carbonyl (C=O) groups is 2. The van der Waals surface area contributed by atoms with Crippen molar-refractivity contribution in [3.63, 3.8) is 0 Å². The molecule has 9 nitrogen and oxygen atoms in total. The van der Waals surface area contributed by atoms with Crippen LogP contribution in [0.2, 0.25) is 0 Å². The van der Waals surface area contributed by atoms with Crippen molar-refractivity contribution in [1.29, 1.82) is 0 Å². The molecule has 0 fully saturated rings. The zero-order valence-corrected chi connectivity index (χ0v) is 23.1. The molecular weight excluding hydrogens is 508 g/mol. The minimum atomic E-state index is -3.61. The van der Waals surface area contributed by atoms with Gasteiger partial charge in [0.1, 0.15) is 29.5 Å². The van der Waals surface area contributed by atoms with Gasteiger partial charge < -0.3 is 19.5 Å². The van der Waals surface area contributed by atoms with Crippen LogP contribution in [0, 0.1) is 0 Å². The highest BCUT2D eigenvalue weighted by molar-refractivity contribution is 7.89. The minimum Gasteiger partial charge on any atom is -0.489 e. The van der Waals surface area contributed by atoms with Crippen molar-refractivity contribution in [3.8, 4) is 11.5 Å². The lowest BCUT2D eigenvalue weighted by molar-refractivity contribution is -0.142. The second kappa shape index (κ2) is 13.7. The lowest BCUT2D eigenvalue weighted by Crippen LogP contribution is -2.39. The van der Waals surface area contributed by atoms with Crippen molar-refractivity contribution < 1.29 is 32.2 Å². The maximum absolute atomic E-state index is 12.9. The molecule has 1 heterocycles. The molecule has 0 saturated heterocycles. The first-order chi connectivity index (χ1) is 18.1. The van der Waals surface area contributed by atoms with Gasteiger partial charge in [-0.1, -0.05) is 30.3 Å². The summed E-state index contributed by atoms with van der Waals surface area (Å²) in [6.07, 6.45) is 1.10. The monoisotopic (exact) mass is 546 g/mol. The summed E-state index contributed by atoms with van der Waals surface area (Å²) in [6, 6.07) is 15.4. The number of ether oxygens (including phenoxy) is 3. The molecule has 38 heavy (non-hydrogen) atoms. The van der Waals surface area contributed by atoms with Crippen LogP contribution in [-0.2, 0) is 31.0 Å². The molecule has 0 saturated carbocycles. The van der Waals surface area contributed by atoms with Crippen molar-refractivity contribution in [1.82, 2.24) is 10.0 Å². The molecule has 2 aromatic rings. The Hall–Kier alpha value is -2.95. The molecule has 1 aliphatic heterocycles. The van der Waals surface area contributed by atoms with E-state index in [-0.39, 0.29) is 50.1 Å². The van der Waals surface area contributed by atoms with E-state index in [1.165, 1.54) is 0 Å². The summed E-state index contributed by atoms with van der Waals surface area (Å²) in [5.41, 5.74) is 1.34. The van der Waals surface area contributed by atoms with Crippen LogP contribution >= 0.6 is 0 Å². The smallest absolute Gasteiger partial charge is 0.319 e. The van der Waals surface area contributed by atoms with Gasteiger partial charge in [-0.3, -0.25) is 9.59 Å². The van der Waals surface area contributed by atoms with Gasteiger partial charge in [-0.15, -0.1) is 0 Å². The SMILES string of the molecule is CCOC(=O)CNCC(=O)CCCNS(=O)(=O)CC1CC(C)(C)Oc2ccc(OCc3ccccc3)cc21. The van der Waals surface area contributed by atoms with Crippen LogP contribution in [0.1, 0.15) is 57.1 Å². The maximum Gasteiger partial charge on any atom is 0.319 e. The van der Waals surface area contributed by atoms with Gasteiger partial charge >= 0.3 is 5.97 Å². The quantitative estimate of drug-likeness (QED) is 0.258. The Balaban J connectivity index is 1.53. The van der Waals surface area contributed by atoms with Gasteiger partial charge in [0.2, 0.25) is 10.0 Å². The molecule has 208 valence electrons. The topological polar surface area (TPSA) is 120 Å². The fourth-order valence-corrected chi connectivity index (χ4v) is 5.80. The van der Waals surface area contributed by atoms with Crippen molar-refractivity contribution in [2.45, 2.75) is 58.2 Å². The van der Waals surface area contributed by atoms with E-state index in [1.54, 1.807) is 6.92 Å². The summed E-state index contributed by atoms with van der Waals surface area (Å²) in [7, 11) is -3.61. The third kappa shape index (κ3) is 9.74. The number of ketones is 1. The van der Waals surface area contributed by atoms with E-state index < -0.39 is 21.6 Å². The Morgan fingerprint density at radius 2 is 1.87 bits per heavy atom. The number of Topliss-reactive ketones (excluding diaryl/α,β-unsaturated/α-hetero) is 1. The second-order valence-corrected chi connectivity index (χ2v) is 11.8. The molecule has 0 amide bonds. The van der Waals surface area contributed by atoms with Gasteiger partial charge in [-0.05, 0) is 57.4 Å². The van der Waals surface area contributed by atoms with Crippen LogP contribution in [0.25, 0.3) is 0 Å². The first kappa shape index (κ1) is 29.6. The van der Waals surface area contributed by atoms with Crippen LogP contribution in [0.5, 0.6) is 11.5 Å². The molecule has 1 atom stereocenters. The van der Waals surface area contributed by atoms with Crippen molar-refractivity contribution in [2.24, 2.45) is 0 Å². The van der Waals surface area contributed by atoms with E-state index in [2.05, 4.69) is 10.0 Å². The summed E-state index contributed by atoms with van der Waals surface area (Å²) < 4.78 is 45.4. The normalized spacial score (nSPS) is 16.2. The van der Waals surface area contributed by atoms with E-state index in [1.807, 2.05) is 62.4 Å². The minimum absolute atomic E-state index is 0.0336. The molecular formula is C28H38N2O7S. The van der Waals surface area contributed by atoms with E-state index in [0.29, 0.717) is 30.9 Å². The van der Waals surface area contributed by atoms with Crippen LogP contribution in [0.4, 0.5) is 0 Å². The number of fused-ring (bicyclic) bond motifs is 1. The van der Waals surface area contributed by atoms with E-state index >= 15 is 0 Å². The number of sulfonamides is 1. The fourth-order valence-electron chi connectivity index (χ4n) is 4.40. The second-order valence-electron chi connectivity index (χ2n) is 9.96. The third-order valence-corrected chi connectivity index (χ3v) is 7.55. The van der Waals surface area contributed by atoms with Gasteiger partial charge in [0.15, 0.2) is 0 Å². The zero-order valence-electron chi connectivity index (χ0n) is 22.3. The van der Waals surface area contributed by atoms with E-state index in [9.17, 15) is 18.0 Å². The molecule has 10 heteroatoms. The first-order valence-corrected chi connectivity index (χ1v) is 14.6. The average Bonchev–Trinajstić information content (AvgIpc) is 2.85. The van der Waals surface area contributed by atoms with E-state index in [4.69, 9.17) is 14.2 Å². The predicted molar refractivity (Wildman–Crippen MR) is 145 cm³/mol. The number of hydrogen-bond donors (Lipinski definition) is 2. The van der Waals surface area contributed by atoms with Gasteiger partial charge in [0, 0.05) is 24.4 Å². The standard InChI is InChI=1S/C28H38N2O7S/c1-4-35-27(32)18-29-17-23(31)11-8-14-30-38(33,34)20-22-16-28(2,3)37-26-13-12-24(15-25(22)26)36-19-21-9-6-5-7-10-21/h5-7,9-10,12-13,15,22,29-30H,4,8,11,14,16-20H2,1-3H3. The zero-order chi connectivity index (χ0) is 27.6. The molecule has 1 aliphatic rings. The Labute approximate surface area is 225 Å².